The van der Waals surface area contributed by atoms with Crippen molar-refractivity contribution in [3.8, 4) is 0 Å². The Balaban J connectivity index is 1.70. The summed E-state index contributed by atoms with van der Waals surface area (Å²) >= 11 is 7.14. The zero-order valence-corrected chi connectivity index (χ0v) is 13.0. The molecule has 1 aromatic heterocycles. The van der Waals surface area contributed by atoms with Crippen molar-refractivity contribution in [1.82, 2.24) is 9.21 Å². The van der Waals surface area contributed by atoms with Gasteiger partial charge in [-0.25, -0.2) is 8.42 Å². The summed E-state index contributed by atoms with van der Waals surface area (Å²) in [5.74, 6) is 0.371. The van der Waals surface area contributed by atoms with Crippen molar-refractivity contribution in [2.24, 2.45) is 0 Å². The van der Waals surface area contributed by atoms with Gasteiger partial charge in [0, 0.05) is 42.5 Å². The average Bonchev–Trinajstić information content (AvgIpc) is 3.15. The van der Waals surface area contributed by atoms with Crippen molar-refractivity contribution in [1.29, 1.82) is 0 Å². The van der Waals surface area contributed by atoms with Crippen molar-refractivity contribution < 1.29 is 8.42 Å². The summed E-state index contributed by atoms with van der Waals surface area (Å²) < 4.78 is 26.6. The van der Waals surface area contributed by atoms with E-state index in [4.69, 9.17) is 11.6 Å². The summed E-state index contributed by atoms with van der Waals surface area (Å²) in [6.07, 6.45) is 2.55. The lowest BCUT2D eigenvalue weighted by molar-refractivity contribution is 0.180. The van der Waals surface area contributed by atoms with Crippen LogP contribution in [0.25, 0.3) is 0 Å². The third kappa shape index (κ3) is 2.83. The van der Waals surface area contributed by atoms with Crippen LogP contribution in [0.5, 0.6) is 0 Å². The Labute approximate surface area is 123 Å². The summed E-state index contributed by atoms with van der Waals surface area (Å²) in [7, 11) is -3.32. The van der Waals surface area contributed by atoms with E-state index in [0.29, 0.717) is 29.9 Å². The molecule has 1 aliphatic carbocycles. The van der Waals surface area contributed by atoms with Gasteiger partial charge < -0.3 is 0 Å². The Morgan fingerprint density at radius 1 is 1.26 bits per heavy atom. The predicted molar refractivity (Wildman–Crippen MR) is 77.2 cm³/mol. The number of nitrogens with zero attached hydrogens (tertiary/aromatic N) is 2. The van der Waals surface area contributed by atoms with E-state index in [2.05, 4.69) is 4.90 Å². The molecule has 1 saturated heterocycles. The molecule has 0 amide bonds. The van der Waals surface area contributed by atoms with Gasteiger partial charge in [-0.2, -0.15) is 4.31 Å². The van der Waals surface area contributed by atoms with Crippen molar-refractivity contribution in [2.45, 2.75) is 29.7 Å². The van der Waals surface area contributed by atoms with E-state index in [1.54, 1.807) is 15.8 Å². The largest absolute Gasteiger partial charge is 0.298 e. The zero-order valence-electron chi connectivity index (χ0n) is 10.6. The predicted octanol–water partition coefficient (Wildman–Crippen LogP) is 1.96. The highest BCUT2D eigenvalue weighted by Gasteiger charge is 2.35. The van der Waals surface area contributed by atoms with Crippen molar-refractivity contribution >= 4 is 33.0 Å². The van der Waals surface area contributed by atoms with Crippen molar-refractivity contribution in [3.63, 3.8) is 0 Å². The minimum atomic E-state index is -3.32. The summed E-state index contributed by atoms with van der Waals surface area (Å²) in [6.45, 7) is 2.92. The maximum atomic E-state index is 12.5. The van der Waals surface area contributed by atoms with Gasteiger partial charge in [-0.1, -0.05) is 0 Å². The third-order valence-electron chi connectivity index (χ3n) is 3.74. The molecule has 0 aromatic carbocycles. The van der Waals surface area contributed by atoms with Crippen LogP contribution in [-0.2, 0) is 15.9 Å². The van der Waals surface area contributed by atoms with E-state index >= 15 is 0 Å². The first-order chi connectivity index (χ1) is 9.11. The lowest BCUT2D eigenvalue weighted by Gasteiger charge is -2.33. The quantitative estimate of drug-likeness (QED) is 0.796. The number of halogens is 1. The van der Waals surface area contributed by atoms with Gasteiger partial charge in [0.1, 0.15) is 0 Å². The van der Waals surface area contributed by atoms with E-state index in [-0.39, 0.29) is 0 Å². The SMILES string of the molecule is O=S(=O)(c1csc(CCl)c1)N1CCN(C2CC2)CC1. The average molecular weight is 321 g/mol. The van der Waals surface area contributed by atoms with Gasteiger partial charge in [-0.3, -0.25) is 4.90 Å². The van der Waals surface area contributed by atoms with E-state index in [1.807, 2.05) is 0 Å². The number of sulfonamides is 1. The Bertz CT molecular complexity index is 546. The third-order valence-corrected chi connectivity index (χ3v) is 7.14. The van der Waals surface area contributed by atoms with Crippen LogP contribution in [0, 0.1) is 0 Å². The van der Waals surface area contributed by atoms with Crippen LogP contribution < -0.4 is 0 Å². The number of rotatable bonds is 4. The van der Waals surface area contributed by atoms with E-state index < -0.39 is 10.0 Å². The Morgan fingerprint density at radius 2 is 1.95 bits per heavy atom. The molecule has 1 saturated carbocycles. The monoisotopic (exact) mass is 320 g/mol. The maximum Gasteiger partial charge on any atom is 0.243 e. The van der Waals surface area contributed by atoms with Gasteiger partial charge in [-0.15, -0.1) is 22.9 Å². The lowest BCUT2D eigenvalue weighted by atomic mass is 10.3. The topological polar surface area (TPSA) is 40.6 Å². The molecule has 0 bridgehead atoms. The molecule has 2 fully saturated rings. The molecule has 0 spiro atoms. The van der Waals surface area contributed by atoms with E-state index in [9.17, 15) is 8.42 Å². The minimum Gasteiger partial charge on any atom is -0.298 e. The first kappa shape index (κ1) is 13.8. The van der Waals surface area contributed by atoms with Gasteiger partial charge >= 0.3 is 0 Å². The molecule has 3 rings (SSSR count). The highest BCUT2D eigenvalue weighted by atomic mass is 35.5. The number of alkyl halides is 1. The summed E-state index contributed by atoms with van der Waals surface area (Å²) in [5.41, 5.74) is 0. The molecule has 19 heavy (non-hydrogen) atoms. The Hall–Kier alpha value is -0.140. The molecule has 106 valence electrons. The summed E-state index contributed by atoms with van der Waals surface area (Å²) in [6, 6.07) is 2.41. The molecule has 0 N–H and O–H groups in total. The smallest absolute Gasteiger partial charge is 0.243 e. The number of thiophene rings is 1. The van der Waals surface area contributed by atoms with Gasteiger partial charge in [0.2, 0.25) is 10.0 Å². The van der Waals surface area contributed by atoms with E-state index in [1.165, 1.54) is 24.2 Å². The van der Waals surface area contributed by atoms with Crippen molar-refractivity contribution in [2.75, 3.05) is 26.2 Å². The first-order valence-electron chi connectivity index (χ1n) is 6.49. The van der Waals surface area contributed by atoms with E-state index in [0.717, 1.165) is 18.0 Å². The van der Waals surface area contributed by atoms with Crippen LogP contribution >= 0.6 is 22.9 Å². The summed E-state index contributed by atoms with van der Waals surface area (Å²) in [5, 5.41) is 1.69. The first-order valence-corrected chi connectivity index (χ1v) is 9.34. The van der Waals surface area contributed by atoms with Crippen LogP contribution in [-0.4, -0.2) is 49.8 Å². The van der Waals surface area contributed by atoms with Gasteiger partial charge in [0.25, 0.3) is 0 Å². The lowest BCUT2D eigenvalue weighted by Crippen LogP contribution is -2.49. The maximum absolute atomic E-state index is 12.5. The molecular weight excluding hydrogens is 304 g/mol. The second kappa shape index (κ2) is 5.33. The molecule has 2 heterocycles. The number of hydrogen-bond donors (Lipinski definition) is 0. The van der Waals surface area contributed by atoms with Gasteiger partial charge in [0.15, 0.2) is 0 Å². The Morgan fingerprint density at radius 3 is 2.47 bits per heavy atom. The molecule has 4 nitrogen and oxygen atoms in total. The molecule has 0 atom stereocenters. The van der Waals surface area contributed by atoms with Crippen LogP contribution in [0.1, 0.15) is 17.7 Å². The highest BCUT2D eigenvalue weighted by molar-refractivity contribution is 7.89. The normalized spacial score (nSPS) is 22.8. The molecule has 0 unspecified atom stereocenters. The molecule has 2 aliphatic rings. The zero-order chi connectivity index (χ0) is 13.5. The second-order valence-corrected chi connectivity index (χ2v) is 8.25. The standard InChI is InChI=1S/C12H17ClN2O2S2/c13-8-11-7-12(9-18-11)19(16,17)15-5-3-14(4-6-15)10-1-2-10/h7,9-10H,1-6,8H2. The molecule has 1 aromatic rings. The fraction of sp³-hybridized carbons (Fsp3) is 0.667. The van der Waals surface area contributed by atoms with Crippen molar-refractivity contribution in [3.05, 3.63) is 16.3 Å². The summed E-state index contributed by atoms with van der Waals surface area (Å²) in [4.78, 5) is 3.70. The van der Waals surface area contributed by atoms with Gasteiger partial charge in [-0.05, 0) is 18.9 Å². The highest BCUT2D eigenvalue weighted by Crippen LogP contribution is 2.29. The van der Waals surface area contributed by atoms with Crippen LogP contribution in [0.4, 0.5) is 0 Å². The molecule has 0 radical (unpaired) electrons. The molecule has 1 aliphatic heterocycles. The minimum absolute atomic E-state index is 0.371. The second-order valence-electron chi connectivity index (χ2n) is 5.05. The molecular formula is C12H17ClN2O2S2. The van der Waals surface area contributed by atoms with Crippen LogP contribution in [0.15, 0.2) is 16.3 Å². The van der Waals surface area contributed by atoms with Crippen LogP contribution in [0.2, 0.25) is 0 Å². The number of piperazine rings is 1. The van der Waals surface area contributed by atoms with Crippen LogP contribution in [0.3, 0.4) is 0 Å². The van der Waals surface area contributed by atoms with Gasteiger partial charge in [0.05, 0.1) is 10.8 Å². The Kier molecular flexibility index (Phi) is 3.88. The fourth-order valence-corrected chi connectivity index (χ4v) is 5.26. The number of hydrogen-bond acceptors (Lipinski definition) is 4. The molecule has 7 heteroatoms. The fourth-order valence-electron chi connectivity index (χ4n) is 2.46.